The van der Waals surface area contributed by atoms with E-state index < -0.39 is 0 Å². The van der Waals surface area contributed by atoms with Gasteiger partial charge in [0.25, 0.3) is 0 Å². The van der Waals surface area contributed by atoms with Crippen molar-refractivity contribution in [3.8, 4) is 0 Å². The smallest absolute Gasteiger partial charge is 0.225 e. The van der Waals surface area contributed by atoms with E-state index in [9.17, 15) is 4.79 Å². The van der Waals surface area contributed by atoms with Crippen molar-refractivity contribution < 1.29 is 4.79 Å². The van der Waals surface area contributed by atoms with Gasteiger partial charge in [0, 0.05) is 29.4 Å². The van der Waals surface area contributed by atoms with Crippen molar-refractivity contribution in [1.82, 2.24) is 5.32 Å². The van der Waals surface area contributed by atoms with Gasteiger partial charge in [0.2, 0.25) is 5.91 Å². The molecular formula is C17H28N2OS. The minimum atomic E-state index is 0.0631. The average Bonchev–Trinajstić information content (AvgIpc) is 2.41. The number of carbonyl (C=O) groups excluding carboxylic acids is 1. The van der Waals surface area contributed by atoms with Gasteiger partial charge >= 0.3 is 0 Å². The third-order valence-corrected chi connectivity index (χ3v) is 4.89. The molecule has 0 radical (unpaired) electrons. The van der Waals surface area contributed by atoms with E-state index in [1.165, 1.54) is 0 Å². The molecule has 1 atom stereocenters. The summed E-state index contributed by atoms with van der Waals surface area (Å²) in [5, 5.41) is 6.39. The van der Waals surface area contributed by atoms with Gasteiger partial charge in [0.15, 0.2) is 0 Å². The summed E-state index contributed by atoms with van der Waals surface area (Å²) in [6, 6.07) is 8.26. The molecule has 0 heterocycles. The summed E-state index contributed by atoms with van der Waals surface area (Å²) in [5.74, 6) is 0.0631. The van der Waals surface area contributed by atoms with Crippen LogP contribution < -0.4 is 10.6 Å². The molecule has 1 aromatic rings. The second-order valence-corrected chi connectivity index (χ2v) is 7.65. The van der Waals surface area contributed by atoms with Crippen molar-refractivity contribution in [3.05, 3.63) is 29.8 Å². The fraction of sp³-hybridized carbons (Fsp3) is 0.588. The molecule has 0 aromatic heterocycles. The molecule has 0 saturated carbocycles. The van der Waals surface area contributed by atoms with Crippen molar-refractivity contribution in [2.24, 2.45) is 0 Å². The van der Waals surface area contributed by atoms with Gasteiger partial charge in [-0.3, -0.25) is 4.79 Å². The second kappa shape index (κ2) is 8.44. The number of aryl methyl sites for hydroxylation is 1. The first-order valence-electron chi connectivity index (χ1n) is 7.48. The molecule has 0 aliphatic carbocycles. The largest absolute Gasteiger partial charge is 0.326 e. The number of hydrogen-bond donors (Lipinski definition) is 2. The van der Waals surface area contributed by atoms with Gasteiger partial charge in [0.1, 0.15) is 0 Å². The minimum absolute atomic E-state index is 0.0631. The molecule has 0 spiro atoms. The molecule has 1 aromatic carbocycles. The normalized spacial score (nSPS) is 13.0. The van der Waals surface area contributed by atoms with Gasteiger partial charge in [0.05, 0.1) is 0 Å². The van der Waals surface area contributed by atoms with E-state index in [4.69, 9.17) is 0 Å². The zero-order valence-electron chi connectivity index (χ0n) is 13.8. The van der Waals surface area contributed by atoms with Crippen molar-refractivity contribution in [2.45, 2.75) is 51.3 Å². The third-order valence-electron chi connectivity index (χ3n) is 3.61. The molecule has 3 nitrogen and oxygen atoms in total. The lowest BCUT2D eigenvalue weighted by Gasteiger charge is -2.26. The quantitative estimate of drug-likeness (QED) is 0.767. The lowest BCUT2D eigenvalue weighted by molar-refractivity contribution is -0.116. The van der Waals surface area contributed by atoms with E-state index in [0.717, 1.165) is 17.7 Å². The van der Waals surface area contributed by atoms with E-state index in [-0.39, 0.29) is 10.7 Å². The Morgan fingerprint density at radius 3 is 2.62 bits per heavy atom. The van der Waals surface area contributed by atoms with Gasteiger partial charge in [-0.25, -0.2) is 0 Å². The maximum Gasteiger partial charge on any atom is 0.225 e. The van der Waals surface area contributed by atoms with Crippen LogP contribution in [0, 0.1) is 6.92 Å². The molecule has 0 aliphatic heterocycles. The van der Waals surface area contributed by atoms with Crippen molar-refractivity contribution in [2.75, 3.05) is 18.1 Å². The van der Waals surface area contributed by atoms with E-state index in [0.29, 0.717) is 19.0 Å². The summed E-state index contributed by atoms with van der Waals surface area (Å²) in [6.45, 7) is 9.39. The highest BCUT2D eigenvalue weighted by Crippen LogP contribution is 2.26. The zero-order valence-corrected chi connectivity index (χ0v) is 14.6. The van der Waals surface area contributed by atoms with Gasteiger partial charge in [-0.2, -0.15) is 11.8 Å². The Morgan fingerprint density at radius 2 is 2.00 bits per heavy atom. The Kier molecular flexibility index (Phi) is 7.26. The number of anilines is 1. The standard InChI is InChI=1S/C17H28N2OS/c1-13-8-6-7-9-15(13)19-16(20)10-11-18-14(2)12-17(3,4)21-5/h6-9,14,18H,10-12H2,1-5H3,(H,19,20). The average molecular weight is 308 g/mol. The molecular weight excluding hydrogens is 280 g/mol. The molecule has 118 valence electrons. The fourth-order valence-corrected chi connectivity index (χ4v) is 2.67. The molecule has 1 rings (SSSR count). The van der Waals surface area contributed by atoms with Gasteiger partial charge in [-0.1, -0.05) is 32.0 Å². The molecule has 0 fully saturated rings. The SMILES string of the molecule is CSC(C)(C)CC(C)NCCC(=O)Nc1ccccc1C. The van der Waals surface area contributed by atoms with Gasteiger partial charge in [-0.05, 0) is 38.2 Å². The number of thioether (sulfide) groups is 1. The number of nitrogens with one attached hydrogen (secondary N) is 2. The Balaban J connectivity index is 2.29. The number of benzene rings is 1. The lowest BCUT2D eigenvalue weighted by Crippen LogP contribution is -2.34. The summed E-state index contributed by atoms with van der Waals surface area (Å²) < 4.78 is 0.274. The zero-order chi connectivity index (χ0) is 15.9. The highest BCUT2D eigenvalue weighted by Gasteiger charge is 2.19. The van der Waals surface area contributed by atoms with Crippen LogP contribution in [0.25, 0.3) is 0 Å². The summed E-state index contributed by atoms with van der Waals surface area (Å²) in [6.07, 6.45) is 3.73. The fourth-order valence-electron chi connectivity index (χ4n) is 2.25. The molecule has 0 bridgehead atoms. The topological polar surface area (TPSA) is 41.1 Å². The van der Waals surface area contributed by atoms with E-state index in [1.54, 1.807) is 0 Å². The van der Waals surface area contributed by atoms with Crippen molar-refractivity contribution >= 4 is 23.4 Å². The third kappa shape index (κ3) is 7.00. The second-order valence-electron chi connectivity index (χ2n) is 6.14. The Hall–Kier alpha value is -1.00. The van der Waals surface area contributed by atoms with Crippen LogP contribution in [0.15, 0.2) is 24.3 Å². The minimum Gasteiger partial charge on any atom is -0.326 e. The Bertz CT molecular complexity index is 460. The van der Waals surface area contributed by atoms with Crippen molar-refractivity contribution in [1.29, 1.82) is 0 Å². The number of carbonyl (C=O) groups is 1. The maximum atomic E-state index is 11.9. The summed E-state index contributed by atoms with van der Waals surface area (Å²) in [4.78, 5) is 11.9. The Labute approximate surface area is 133 Å². The molecule has 21 heavy (non-hydrogen) atoms. The van der Waals surface area contributed by atoms with Crippen LogP contribution in [0.1, 0.15) is 39.2 Å². The number of hydrogen-bond acceptors (Lipinski definition) is 3. The number of amides is 1. The Morgan fingerprint density at radius 1 is 1.33 bits per heavy atom. The lowest BCUT2D eigenvalue weighted by atomic mass is 10.0. The van der Waals surface area contributed by atoms with Crippen LogP contribution in [-0.4, -0.2) is 29.5 Å². The van der Waals surface area contributed by atoms with Crippen LogP contribution in [0.4, 0.5) is 5.69 Å². The molecule has 4 heteroatoms. The van der Waals surface area contributed by atoms with E-state index >= 15 is 0 Å². The van der Waals surface area contributed by atoms with Crippen molar-refractivity contribution in [3.63, 3.8) is 0 Å². The van der Waals surface area contributed by atoms with E-state index in [1.807, 2.05) is 43.0 Å². The monoisotopic (exact) mass is 308 g/mol. The van der Waals surface area contributed by atoms with Crippen LogP contribution >= 0.6 is 11.8 Å². The molecule has 2 N–H and O–H groups in total. The van der Waals surface area contributed by atoms with Gasteiger partial charge < -0.3 is 10.6 Å². The first kappa shape index (κ1) is 18.1. The van der Waals surface area contributed by atoms with Crippen LogP contribution in [0.3, 0.4) is 0 Å². The highest BCUT2D eigenvalue weighted by molar-refractivity contribution is 7.99. The number of rotatable bonds is 8. The maximum absolute atomic E-state index is 11.9. The predicted molar refractivity (Wildman–Crippen MR) is 94.1 cm³/mol. The molecule has 0 aliphatic rings. The molecule has 0 saturated heterocycles. The van der Waals surface area contributed by atoms with Crippen LogP contribution in [0.5, 0.6) is 0 Å². The summed E-state index contributed by atoms with van der Waals surface area (Å²) in [7, 11) is 0. The number of para-hydroxylation sites is 1. The van der Waals surface area contributed by atoms with E-state index in [2.05, 4.69) is 37.7 Å². The first-order chi connectivity index (χ1) is 9.84. The first-order valence-corrected chi connectivity index (χ1v) is 8.70. The summed E-state index contributed by atoms with van der Waals surface area (Å²) in [5.41, 5.74) is 1.99. The molecule has 1 unspecified atom stereocenters. The summed E-state index contributed by atoms with van der Waals surface area (Å²) >= 11 is 1.88. The predicted octanol–water partition coefficient (Wildman–Crippen LogP) is 3.83. The van der Waals surface area contributed by atoms with Gasteiger partial charge in [-0.15, -0.1) is 0 Å². The molecule has 1 amide bonds. The highest BCUT2D eigenvalue weighted by atomic mass is 32.2. The van der Waals surface area contributed by atoms with Crippen LogP contribution in [0.2, 0.25) is 0 Å². The van der Waals surface area contributed by atoms with Crippen LogP contribution in [-0.2, 0) is 4.79 Å².